The number of aliphatic hydroxyl groups is 1. The molecule has 18 heavy (non-hydrogen) atoms. The van der Waals surface area contributed by atoms with Gasteiger partial charge >= 0.3 is 0 Å². The second kappa shape index (κ2) is 4.54. The third-order valence-corrected chi connectivity index (χ3v) is 3.82. The molecular weight excluding hydrogens is 232 g/mol. The van der Waals surface area contributed by atoms with Crippen molar-refractivity contribution < 1.29 is 14.6 Å². The van der Waals surface area contributed by atoms with Gasteiger partial charge in [-0.15, -0.1) is 0 Å². The molecule has 0 saturated carbocycles. The van der Waals surface area contributed by atoms with E-state index in [1.165, 1.54) is 0 Å². The van der Waals surface area contributed by atoms with E-state index < -0.39 is 5.79 Å². The molecule has 0 aromatic rings. The molecule has 2 aliphatic heterocycles. The van der Waals surface area contributed by atoms with Crippen LogP contribution in [-0.2, 0) is 9.47 Å². The highest BCUT2D eigenvalue weighted by atomic mass is 16.8. The molecule has 2 aliphatic rings. The molecule has 0 radical (unpaired) electrons. The van der Waals surface area contributed by atoms with Gasteiger partial charge < -0.3 is 14.6 Å². The lowest BCUT2D eigenvalue weighted by Gasteiger charge is -2.30. The molecule has 2 fully saturated rings. The Hall–Kier alpha value is -1.09. The number of rotatable bonds is 2. The molecular formula is C13H20N2O3. The highest BCUT2D eigenvalue weighted by Gasteiger charge is 2.57. The largest absolute Gasteiger partial charge is 0.514 e. The van der Waals surface area contributed by atoms with Crippen molar-refractivity contribution in [3.05, 3.63) is 11.8 Å². The van der Waals surface area contributed by atoms with Gasteiger partial charge in [0.15, 0.2) is 5.79 Å². The fraction of sp³-hybridized carbons (Fsp3) is 0.769. The zero-order chi connectivity index (χ0) is 13.5. The van der Waals surface area contributed by atoms with Crippen LogP contribution in [-0.4, -0.2) is 47.1 Å². The second-order valence-electron chi connectivity index (χ2n) is 5.35. The highest BCUT2D eigenvalue weighted by molar-refractivity contribution is 5.30. The Balaban J connectivity index is 2.34. The molecule has 0 aliphatic carbocycles. The van der Waals surface area contributed by atoms with E-state index in [4.69, 9.17) is 14.7 Å². The third-order valence-electron chi connectivity index (χ3n) is 3.82. The molecule has 100 valence electrons. The van der Waals surface area contributed by atoms with E-state index in [9.17, 15) is 5.11 Å². The van der Waals surface area contributed by atoms with E-state index in [1.54, 1.807) is 0 Å². The number of likely N-dealkylation sites (tertiary alicyclic amines) is 1. The summed E-state index contributed by atoms with van der Waals surface area (Å²) in [4.78, 5) is 2.07. The van der Waals surface area contributed by atoms with Gasteiger partial charge in [0.25, 0.3) is 0 Å². The Morgan fingerprint density at radius 3 is 2.56 bits per heavy atom. The van der Waals surface area contributed by atoms with Gasteiger partial charge in [0.1, 0.15) is 12.2 Å². The van der Waals surface area contributed by atoms with Gasteiger partial charge in [-0.25, -0.2) is 0 Å². The van der Waals surface area contributed by atoms with Crippen LogP contribution in [0.25, 0.3) is 0 Å². The fourth-order valence-electron chi connectivity index (χ4n) is 3.12. The van der Waals surface area contributed by atoms with E-state index in [0.717, 1.165) is 12.7 Å². The number of nitriles is 1. The Morgan fingerprint density at radius 1 is 1.44 bits per heavy atom. The number of fused-ring (bicyclic) bond motifs is 1. The first-order chi connectivity index (χ1) is 8.45. The Labute approximate surface area is 108 Å². The first-order valence-electron chi connectivity index (χ1n) is 6.27. The molecule has 2 rings (SSSR count). The van der Waals surface area contributed by atoms with Crippen LogP contribution in [0.1, 0.15) is 27.2 Å². The average molecular weight is 252 g/mol. The SMILES string of the molecule is CCC1C2OC(C)(C)OC2C(C(C#N)=CO)N1C. The van der Waals surface area contributed by atoms with Gasteiger partial charge in [0.05, 0.1) is 23.9 Å². The van der Waals surface area contributed by atoms with Crippen molar-refractivity contribution in [3.63, 3.8) is 0 Å². The predicted octanol–water partition coefficient (Wildman–Crippen LogP) is 1.56. The standard InChI is InChI=1S/C13H20N2O3/c1-5-9-11-12(18-13(2,3)17-11)10(15(9)4)8(6-14)7-16/h7,9-12,16H,5H2,1-4H3. The summed E-state index contributed by atoms with van der Waals surface area (Å²) in [5.41, 5.74) is 0.324. The van der Waals surface area contributed by atoms with E-state index in [-0.39, 0.29) is 24.3 Å². The maximum Gasteiger partial charge on any atom is 0.163 e. The molecule has 4 unspecified atom stereocenters. The van der Waals surface area contributed by atoms with E-state index in [1.807, 2.05) is 27.0 Å². The minimum Gasteiger partial charge on any atom is -0.514 e. The van der Waals surface area contributed by atoms with Crippen LogP contribution in [0.5, 0.6) is 0 Å². The van der Waals surface area contributed by atoms with Gasteiger partial charge in [0.2, 0.25) is 0 Å². The van der Waals surface area contributed by atoms with Crippen LogP contribution in [0.2, 0.25) is 0 Å². The molecule has 5 heteroatoms. The zero-order valence-electron chi connectivity index (χ0n) is 11.3. The quantitative estimate of drug-likeness (QED) is 0.597. The number of ether oxygens (including phenoxy) is 2. The van der Waals surface area contributed by atoms with Gasteiger partial charge in [0, 0.05) is 6.04 Å². The van der Waals surface area contributed by atoms with Crippen molar-refractivity contribution in [2.24, 2.45) is 0 Å². The molecule has 4 atom stereocenters. The van der Waals surface area contributed by atoms with Gasteiger partial charge in [-0.2, -0.15) is 5.26 Å². The highest BCUT2D eigenvalue weighted by Crippen LogP contribution is 2.42. The molecule has 0 spiro atoms. The van der Waals surface area contributed by atoms with Crippen LogP contribution in [0.3, 0.4) is 0 Å². The number of hydrogen-bond donors (Lipinski definition) is 1. The fourth-order valence-corrected chi connectivity index (χ4v) is 3.12. The summed E-state index contributed by atoms with van der Waals surface area (Å²) in [5, 5.41) is 18.3. The summed E-state index contributed by atoms with van der Waals surface area (Å²) in [6, 6.07) is 2.00. The summed E-state index contributed by atoms with van der Waals surface area (Å²) in [7, 11) is 1.94. The Kier molecular flexibility index (Phi) is 3.37. The van der Waals surface area contributed by atoms with Crippen LogP contribution in [0.4, 0.5) is 0 Å². The molecule has 1 N–H and O–H groups in total. The van der Waals surface area contributed by atoms with Crippen molar-refractivity contribution in [1.82, 2.24) is 4.90 Å². The summed E-state index contributed by atoms with van der Waals surface area (Å²) >= 11 is 0. The maximum atomic E-state index is 9.21. The summed E-state index contributed by atoms with van der Waals surface area (Å²) in [6.45, 7) is 5.84. The lowest BCUT2D eigenvalue weighted by molar-refractivity contribution is -0.164. The van der Waals surface area contributed by atoms with Crippen molar-refractivity contribution in [2.45, 2.75) is 57.3 Å². The van der Waals surface area contributed by atoms with E-state index in [0.29, 0.717) is 5.57 Å². The molecule has 5 nitrogen and oxygen atoms in total. The maximum absolute atomic E-state index is 9.21. The van der Waals surface area contributed by atoms with E-state index >= 15 is 0 Å². The molecule has 0 aromatic carbocycles. The molecule has 2 saturated heterocycles. The molecule has 0 amide bonds. The normalized spacial score (nSPS) is 39.6. The minimum atomic E-state index is -0.627. The minimum absolute atomic E-state index is 0.0525. The smallest absolute Gasteiger partial charge is 0.163 e. The van der Waals surface area contributed by atoms with Crippen LogP contribution in [0, 0.1) is 11.3 Å². The first-order valence-corrected chi connectivity index (χ1v) is 6.27. The summed E-state index contributed by atoms with van der Waals surface area (Å²) in [5.74, 6) is -0.627. The van der Waals surface area contributed by atoms with Crippen molar-refractivity contribution >= 4 is 0 Å². The lowest BCUT2D eigenvalue weighted by Crippen LogP contribution is -2.40. The van der Waals surface area contributed by atoms with Gasteiger partial charge in [-0.05, 0) is 27.3 Å². The van der Waals surface area contributed by atoms with Crippen molar-refractivity contribution in [2.75, 3.05) is 7.05 Å². The monoisotopic (exact) mass is 252 g/mol. The van der Waals surface area contributed by atoms with Gasteiger partial charge in [-0.3, -0.25) is 4.90 Å². The van der Waals surface area contributed by atoms with Crippen molar-refractivity contribution in [3.8, 4) is 6.07 Å². The summed E-state index contributed by atoms with van der Waals surface area (Å²) in [6.07, 6.45) is 1.54. The van der Waals surface area contributed by atoms with Gasteiger partial charge in [-0.1, -0.05) is 6.92 Å². The summed E-state index contributed by atoms with van der Waals surface area (Å²) < 4.78 is 11.8. The number of likely N-dealkylation sites (N-methyl/N-ethyl adjacent to an activating group) is 1. The second-order valence-corrected chi connectivity index (χ2v) is 5.35. The number of hydrogen-bond acceptors (Lipinski definition) is 5. The van der Waals surface area contributed by atoms with Crippen LogP contribution < -0.4 is 0 Å². The van der Waals surface area contributed by atoms with Crippen molar-refractivity contribution in [1.29, 1.82) is 5.26 Å². The average Bonchev–Trinajstić information content (AvgIpc) is 2.73. The van der Waals surface area contributed by atoms with E-state index in [2.05, 4.69) is 11.8 Å². The predicted molar refractivity (Wildman–Crippen MR) is 65.8 cm³/mol. The first kappa shape index (κ1) is 13.3. The van der Waals surface area contributed by atoms with Crippen LogP contribution >= 0.6 is 0 Å². The number of nitrogens with zero attached hydrogens (tertiary/aromatic N) is 2. The molecule has 0 bridgehead atoms. The zero-order valence-corrected chi connectivity index (χ0v) is 11.3. The topological polar surface area (TPSA) is 65.7 Å². The van der Waals surface area contributed by atoms with Crippen LogP contribution in [0.15, 0.2) is 11.8 Å². The molecule has 2 heterocycles. The number of aliphatic hydroxyl groups excluding tert-OH is 1. The third kappa shape index (κ3) is 1.91. The Morgan fingerprint density at radius 2 is 2.06 bits per heavy atom. The lowest BCUT2D eigenvalue weighted by atomic mass is 10.0. The molecule has 0 aromatic heterocycles. The Bertz CT molecular complexity index is 400.